The van der Waals surface area contributed by atoms with Gasteiger partial charge in [-0.2, -0.15) is 0 Å². The highest BCUT2D eigenvalue weighted by Crippen LogP contribution is 2.57. The van der Waals surface area contributed by atoms with Gasteiger partial charge in [-0.15, -0.1) is 0 Å². The maximum Gasteiger partial charge on any atom is 0.0800 e. The fraction of sp³-hybridized carbons (Fsp3) is 0.0156. The molecule has 0 unspecified atom stereocenters. The van der Waals surface area contributed by atoms with Crippen molar-refractivity contribution in [3.8, 4) is 72.7 Å². The summed E-state index contributed by atoms with van der Waals surface area (Å²) in [5, 5.41) is 4.91. The quantitative estimate of drug-likeness (QED) is 0.163. The van der Waals surface area contributed by atoms with Crippen molar-refractivity contribution in [3.05, 3.63) is 265 Å². The zero-order valence-corrected chi connectivity index (χ0v) is 36.0. The van der Waals surface area contributed by atoms with Gasteiger partial charge in [-0.1, -0.05) is 188 Å². The van der Waals surface area contributed by atoms with E-state index in [0.717, 1.165) is 28.2 Å². The molecule has 2 aromatic heterocycles. The molecule has 306 valence electrons. The molecule has 66 heavy (non-hydrogen) atoms. The predicted molar refractivity (Wildman–Crippen MR) is 274 cm³/mol. The number of hydrogen-bond donors (Lipinski definition) is 0. The first-order valence-electron chi connectivity index (χ1n) is 22.9. The lowest BCUT2D eigenvalue weighted by atomic mass is 9.67. The van der Waals surface area contributed by atoms with Crippen molar-refractivity contribution in [1.29, 1.82) is 0 Å². The highest BCUT2D eigenvalue weighted by Gasteiger charge is 2.46. The molecule has 0 fully saturated rings. The van der Waals surface area contributed by atoms with Crippen LogP contribution in [0.4, 0.5) is 0 Å². The van der Waals surface area contributed by atoms with Crippen LogP contribution in [0.25, 0.3) is 105 Å². The van der Waals surface area contributed by atoms with Gasteiger partial charge < -0.3 is 4.57 Å². The maximum absolute atomic E-state index is 5.36. The normalized spacial score (nSPS) is 13.0. The summed E-state index contributed by atoms with van der Waals surface area (Å²) >= 11 is 0. The van der Waals surface area contributed by atoms with Crippen molar-refractivity contribution in [3.63, 3.8) is 0 Å². The van der Waals surface area contributed by atoms with E-state index in [4.69, 9.17) is 4.98 Å². The molecule has 2 heteroatoms. The van der Waals surface area contributed by atoms with E-state index in [1.807, 2.05) is 0 Å². The summed E-state index contributed by atoms with van der Waals surface area (Å²) in [6.07, 6.45) is 0. The van der Waals surface area contributed by atoms with E-state index in [-0.39, 0.29) is 0 Å². The van der Waals surface area contributed by atoms with Gasteiger partial charge in [-0.3, -0.25) is 0 Å². The van der Waals surface area contributed by atoms with Crippen LogP contribution >= 0.6 is 0 Å². The summed E-state index contributed by atoms with van der Waals surface area (Å²) < 4.78 is 2.41. The Bertz CT molecular complexity index is 3880. The molecule has 2 aliphatic carbocycles. The molecular formula is C64H40N2. The van der Waals surface area contributed by atoms with E-state index in [2.05, 4.69) is 247 Å². The number of nitrogens with zero attached hydrogens (tertiary/aromatic N) is 2. The van der Waals surface area contributed by atoms with E-state index >= 15 is 0 Å². The van der Waals surface area contributed by atoms with Crippen molar-refractivity contribution in [2.24, 2.45) is 0 Å². The minimum atomic E-state index is -0.463. The second-order valence-electron chi connectivity index (χ2n) is 17.8. The smallest absolute Gasteiger partial charge is 0.0800 e. The third kappa shape index (κ3) is 5.27. The molecule has 14 rings (SSSR count). The molecule has 10 aromatic carbocycles. The standard InChI is InChI=1S/C64H40N2/c1-4-19-47(20-5-1)64(48-21-6-2-7-22-48)57-29-13-12-26-51(57)52-33-30-44(39-58(52)64)43-32-35-61-56(38-43)55-37-42(31-34-60(55)66(61)49-23-8-3-9-24-49)41-16-14-17-45(36-41)59-40-46-18-15-28-53-50-25-10-11-27-54(50)63(65-59)62(46)53/h1-40H. The van der Waals surface area contributed by atoms with Crippen LogP contribution in [-0.2, 0) is 5.41 Å². The van der Waals surface area contributed by atoms with Crippen molar-refractivity contribution in [2.75, 3.05) is 0 Å². The van der Waals surface area contributed by atoms with Crippen LogP contribution in [-0.4, -0.2) is 9.55 Å². The first-order chi connectivity index (χ1) is 32.7. The number of aromatic nitrogens is 2. The van der Waals surface area contributed by atoms with Crippen LogP contribution in [0.1, 0.15) is 22.3 Å². The summed E-state index contributed by atoms with van der Waals surface area (Å²) in [4.78, 5) is 5.36. The molecule has 0 N–H and O–H groups in total. The monoisotopic (exact) mass is 836 g/mol. The van der Waals surface area contributed by atoms with Gasteiger partial charge in [-0.25, -0.2) is 4.98 Å². The molecule has 0 saturated heterocycles. The van der Waals surface area contributed by atoms with Crippen molar-refractivity contribution in [2.45, 2.75) is 5.41 Å². The van der Waals surface area contributed by atoms with Gasteiger partial charge in [0.25, 0.3) is 0 Å². The predicted octanol–water partition coefficient (Wildman–Crippen LogP) is 16.3. The van der Waals surface area contributed by atoms with Crippen LogP contribution in [0.15, 0.2) is 243 Å². The average molecular weight is 837 g/mol. The van der Waals surface area contributed by atoms with Gasteiger partial charge in [0, 0.05) is 33.0 Å². The summed E-state index contributed by atoms with van der Waals surface area (Å²) in [6, 6.07) is 89.5. The zero-order valence-electron chi connectivity index (χ0n) is 36.0. The van der Waals surface area contributed by atoms with Gasteiger partial charge in [0.1, 0.15) is 0 Å². The van der Waals surface area contributed by atoms with Crippen molar-refractivity contribution < 1.29 is 0 Å². The fourth-order valence-corrected chi connectivity index (χ4v) is 11.5. The largest absolute Gasteiger partial charge is 0.309 e. The molecule has 2 heterocycles. The Morgan fingerprint density at radius 1 is 0.333 bits per heavy atom. The van der Waals surface area contributed by atoms with Gasteiger partial charge in [-0.05, 0) is 127 Å². The molecule has 2 nitrogen and oxygen atoms in total. The van der Waals surface area contributed by atoms with E-state index in [0.29, 0.717) is 0 Å². The second-order valence-corrected chi connectivity index (χ2v) is 17.8. The third-order valence-electron chi connectivity index (χ3n) is 14.4. The minimum absolute atomic E-state index is 0.463. The Hall–Kier alpha value is -8.59. The Balaban J connectivity index is 0.936. The second kappa shape index (κ2) is 14.2. The Morgan fingerprint density at radius 2 is 0.864 bits per heavy atom. The Labute approximate surface area is 383 Å². The first kappa shape index (κ1) is 36.8. The van der Waals surface area contributed by atoms with Gasteiger partial charge in [0.15, 0.2) is 0 Å². The number of hydrogen-bond acceptors (Lipinski definition) is 1. The maximum atomic E-state index is 5.36. The van der Waals surface area contributed by atoms with Gasteiger partial charge in [0.05, 0.1) is 27.8 Å². The summed E-state index contributed by atoms with van der Waals surface area (Å²) in [5.41, 5.74) is 22.4. The van der Waals surface area contributed by atoms with Crippen LogP contribution in [0.5, 0.6) is 0 Å². The number of pyridine rings is 1. The summed E-state index contributed by atoms with van der Waals surface area (Å²) in [5.74, 6) is 0. The van der Waals surface area contributed by atoms with Crippen LogP contribution in [0.3, 0.4) is 0 Å². The molecule has 12 aromatic rings. The lowest BCUT2D eigenvalue weighted by Gasteiger charge is -2.34. The van der Waals surface area contributed by atoms with Crippen LogP contribution in [0, 0.1) is 0 Å². The first-order valence-corrected chi connectivity index (χ1v) is 22.9. The van der Waals surface area contributed by atoms with Gasteiger partial charge >= 0.3 is 0 Å². The number of benzene rings is 10. The topological polar surface area (TPSA) is 17.8 Å². The Kier molecular flexibility index (Phi) is 7.93. The molecule has 0 spiro atoms. The summed E-state index contributed by atoms with van der Waals surface area (Å²) in [6.45, 7) is 0. The lowest BCUT2D eigenvalue weighted by molar-refractivity contribution is 0.769. The van der Waals surface area contributed by atoms with E-state index in [1.165, 1.54) is 99.3 Å². The van der Waals surface area contributed by atoms with E-state index < -0.39 is 5.41 Å². The molecular weight excluding hydrogens is 797 g/mol. The van der Waals surface area contributed by atoms with Crippen molar-refractivity contribution in [1.82, 2.24) is 9.55 Å². The molecule has 0 atom stereocenters. The van der Waals surface area contributed by atoms with Crippen molar-refractivity contribution >= 4 is 32.6 Å². The van der Waals surface area contributed by atoms with Crippen LogP contribution in [0.2, 0.25) is 0 Å². The number of rotatable bonds is 6. The molecule has 2 aliphatic rings. The lowest BCUT2D eigenvalue weighted by Crippen LogP contribution is -2.28. The van der Waals surface area contributed by atoms with Gasteiger partial charge in [0.2, 0.25) is 0 Å². The fourth-order valence-electron chi connectivity index (χ4n) is 11.5. The zero-order chi connectivity index (χ0) is 43.3. The molecule has 0 aliphatic heterocycles. The highest BCUT2D eigenvalue weighted by molar-refractivity contribution is 6.15. The van der Waals surface area contributed by atoms with E-state index in [9.17, 15) is 0 Å². The molecule has 0 amide bonds. The Morgan fingerprint density at radius 3 is 1.58 bits per heavy atom. The SMILES string of the molecule is c1ccc(-n2c3ccc(-c4cccc(-c5cc6cccc7c6c(n5)-c5ccccc5-7)c4)cc3c3cc(-c4ccc5c(c4)C(c4ccccc4)(c4ccccc4)c4ccccc4-5)ccc32)cc1. The molecule has 0 radical (unpaired) electrons. The summed E-state index contributed by atoms with van der Waals surface area (Å²) in [7, 11) is 0. The van der Waals surface area contributed by atoms with E-state index in [1.54, 1.807) is 0 Å². The number of para-hydroxylation sites is 1. The molecule has 0 saturated carbocycles. The third-order valence-corrected chi connectivity index (χ3v) is 14.4. The van der Waals surface area contributed by atoms with Crippen LogP contribution < -0.4 is 0 Å². The highest BCUT2D eigenvalue weighted by atomic mass is 15.0. The minimum Gasteiger partial charge on any atom is -0.309 e. The molecule has 0 bridgehead atoms. The number of fused-ring (bicyclic) bond motifs is 9. The average Bonchev–Trinajstić information content (AvgIpc) is 4.01.